The van der Waals surface area contributed by atoms with Crippen LogP contribution in [0.25, 0.3) is 0 Å². The Morgan fingerprint density at radius 2 is 1.92 bits per heavy atom. The van der Waals surface area contributed by atoms with Crippen molar-refractivity contribution >= 4 is 12.0 Å². The molecular weight excluding hydrogens is 172 g/mol. The molecule has 0 aromatic heterocycles. The standard InChI is InChI=1S/C8H14N2O3/c1-6(2)3-4-9-8(13)10-5-7(11)12/h3H,4-5H2,1-2H3,(H,11,12)(H2,9,10,13). The second-order valence-corrected chi connectivity index (χ2v) is 2.74. The van der Waals surface area contributed by atoms with Crippen LogP contribution in [0.5, 0.6) is 0 Å². The molecule has 0 saturated carbocycles. The third kappa shape index (κ3) is 8.39. The van der Waals surface area contributed by atoms with Gasteiger partial charge in [-0.25, -0.2) is 4.79 Å². The highest BCUT2D eigenvalue weighted by Gasteiger charge is 2.00. The highest BCUT2D eigenvalue weighted by atomic mass is 16.4. The van der Waals surface area contributed by atoms with Gasteiger partial charge < -0.3 is 15.7 Å². The molecule has 0 aliphatic heterocycles. The molecule has 5 heteroatoms. The maximum absolute atomic E-state index is 10.8. The molecule has 0 aromatic carbocycles. The Balaban J connectivity index is 3.52. The molecule has 5 nitrogen and oxygen atoms in total. The van der Waals surface area contributed by atoms with Crippen LogP contribution in [0.4, 0.5) is 4.79 Å². The maximum Gasteiger partial charge on any atom is 0.323 e. The minimum absolute atomic E-state index is 0.360. The van der Waals surface area contributed by atoms with E-state index in [1.807, 2.05) is 19.9 Å². The van der Waals surface area contributed by atoms with E-state index in [9.17, 15) is 9.59 Å². The molecule has 0 atom stereocenters. The Bertz CT molecular complexity index is 219. The molecule has 0 spiro atoms. The number of amides is 2. The van der Waals surface area contributed by atoms with Gasteiger partial charge in [-0.3, -0.25) is 4.79 Å². The first kappa shape index (κ1) is 11.5. The van der Waals surface area contributed by atoms with Crippen molar-refractivity contribution in [1.82, 2.24) is 10.6 Å². The van der Waals surface area contributed by atoms with Crippen LogP contribution in [0, 0.1) is 0 Å². The van der Waals surface area contributed by atoms with Crippen LogP contribution >= 0.6 is 0 Å². The minimum atomic E-state index is -1.06. The number of urea groups is 1. The summed E-state index contributed by atoms with van der Waals surface area (Å²) in [5.74, 6) is -1.06. The molecule has 74 valence electrons. The van der Waals surface area contributed by atoms with Crippen molar-refractivity contribution in [3.63, 3.8) is 0 Å². The molecule has 0 fully saturated rings. The lowest BCUT2D eigenvalue weighted by atomic mass is 10.3. The zero-order valence-corrected chi connectivity index (χ0v) is 7.76. The number of allylic oxidation sites excluding steroid dienone is 1. The third-order valence-corrected chi connectivity index (χ3v) is 1.17. The summed E-state index contributed by atoms with van der Waals surface area (Å²) in [7, 11) is 0. The van der Waals surface area contributed by atoms with Gasteiger partial charge in [0.25, 0.3) is 0 Å². The summed E-state index contributed by atoms with van der Waals surface area (Å²) in [6, 6.07) is -0.472. The number of aliphatic carboxylic acids is 1. The van der Waals surface area contributed by atoms with E-state index in [1.165, 1.54) is 0 Å². The first-order chi connectivity index (χ1) is 6.02. The third-order valence-electron chi connectivity index (χ3n) is 1.17. The number of hydrogen-bond acceptors (Lipinski definition) is 2. The van der Waals surface area contributed by atoms with E-state index in [0.29, 0.717) is 6.54 Å². The Labute approximate surface area is 76.8 Å². The molecule has 3 N–H and O–H groups in total. The number of nitrogens with one attached hydrogen (secondary N) is 2. The predicted octanol–water partition coefficient (Wildman–Crippen LogP) is 0.336. The molecule has 2 amide bonds. The molecule has 0 unspecified atom stereocenters. The van der Waals surface area contributed by atoms with E-state index in [1.54, 1.807) is 0 Å². The number of hydrogen-bond donors (Lipinski definition) is 3. The second kappa shape index (κ2) is 6.05. The van der Waals surface area contributed by atoms with Crippen molar-refractivity contribution in [3.05, 3.63) is 11.6 Å². The summed E-state index contributed by atoms with van der Waals surface area (Å²) < 4.78 is 0. The van der Waals surface area contributed by atoms with E-state index in [2.05, 4.69) is 10.6 Å². The molecule has 0 aliphatic rings. The molecular formula is C8H14N2O3. The molecule has 0 rings (SSSR count). The number of carboxylic acid groups (broad SMARTS) is 1. The predicted molar refractivity (Wildman–Crippen MR) is 48.5 cm³/mol. The Morgan fingerprint density at radius 1 is 1.31 bits per heavy atom. The molecule has 13 heavy (non-hydrogen) atoms. The first-order valence-corrected chi connectivity index (χ1v) is 3.89. The summed E-state index contributed by atoms with van der Waals surface area (Å²) in [6.07, 6.45) is 1.83. The topological polar surface area (TPSA) is 78.4 Å². The van der Waals surface area contributed by atoms with E-state index in [4.69, 9.17) is 5.11 Å². The second-order valence-electron chi connectivity index (χ2n) is 2.74. The largest absolute Gasteiger partial charge is 0.480 e. The SMILES string of the molecule is CC(C)=CCNC(=O)NCC(=O)O. The lowest BCUT2D eigenvalue weighted by molar-refractivity contribution is -0.135. The van der Waals surface area contributed by atoms with Crippen molar-refractivity contribution in [2.45, 2.75) is 13.8 Å². The van der Waals surface area contributed by atoms with Gasteiger partial charge in [0.2, 0.25) is 0 Å². The molecule has 0 radical (unpaired) electrons. The molecule has 0 aliphatic carbocycles. The lowest BCUT2D eigenvalue weighted by Crippen LogP contribution is -2.38. The van der Waals surface area contributed by atoms with Crippen LogP contribution in [-0.4, -0.2) is 30.2 Å². The van der Waals surface area contributed by atoms with Gasteiger partial charge in [-0.2, -0.15) is 0 Å². The van der Waals surface area contributed by atoms with Gasteiger partial charge in [-0.1, -0.05) is 11.6 Å². The number of carbonyl (C=O) groups is 2. The number of carbonyl (C=O) groups excluding carboxylic acids is 1. The zero-order chi connectivity index (χ0) is 10.3. The summed E-state index contributed by atoms with van der Waals surface area (Å²) in [5.41, 5.74) is 1.10. The first-order valence-electron chi connectivity index (χ1n) is 3.89. The maximum atomic E-state index is 10.8. The fourth-order valence-corrected chi connectivity index (χ4v) is 0.566. The van der Waals surface area contributed by atoms with Gasteiger partial charge in [-0.15, -0.1) is 0 Å². The van der Waals surface area contributed by atoms with Crippen LogP contribution < -0.4 is 10.6 Å². The van der Waals surface area contributed by atoms with E-state index in [0.717, 1.165) is 5.57 Å². The highest BCUT2D eigenvalue weighted by Crippen LogP contribution is 1.84. The Kier molecular flexibility index (Phi) is 5.34. The summed E-state index contributed by atoms with van der Waals surface area (Å²) in [6.45, 7) is 3.88. The van der Waals surface area contributed by atoms with Crippen LogP contribution in [0.2, 0.25) is 0 Å². The normalized spacial score (nSPS) is 8.77. The van der Waals surface area contributed by atoms with Crippen LogP contribution in [0.1, 0.15) is 13.8 Å². The van der Waals surface area contributed by atoms with Crippen molar-refractivity contribution in [3.8, 4) is 0 Å². The quantitative estimate of drug-likeness (QED) is 0.554. The summed E-state index contributed by atoms with van der Waals surface area (Å²) in [4.78, 5) is 20.8. The van der Waals surface area contributed by atoms with Gasteiger partial charge in [0.1, 0.15) is 6.54 Å². The van der Waals surface area contributed by atoms with Gasteiger partial charge in [-0.05, 0) is 13.8 Å². The molecule has 0 heterocycles. The minimum Gasteiger partial charge on any atom is -0.480 e. The number of rotatable bonds is 4. The van der Waals surface area contributed by atoms with Crippen molar-refractivity contribution < 1.29 is 14.7 Å². The van der Waals surface area contributed by atoms with Gasteiger partial charge >= 0.3 is 12.0 Å². The fourth-order valence-electron chi connectivity index (χ4n) is 0.566. The average molecular weight is 186 g/mol. The van der Waals surface area contributed by atoms with Crippen molar-refractivity contribution in [2.75, 3.05) is 13.1 Å². The molecule has 0 aromatic rings. The van der Waals surface area contributed by atoms with Gasteiger partial charge in [0, 0.05) is 6.54 Å². The van der Waals surface area contributed by atoms with Crippen LogP contribution in [0.3, 0.4) is 0 Å². The Morgan fingerprint density at radius 3 is 2.38 bits per heavy atom. The zero-order valence-electron chi connectivity index (χ0n) is 7.76. The number of carboxylic acids is 1. The highest BCUT2D eigenvalue weighted by molar-refractivity contribution is 5.79. The van der Waals surface area contributed by atoms with E-state index < -0.39 is 12.0 Å². The van der Waals surface area contributed by atoms with Gasteiger partial charge in [0.15, 0.2) is 0 Å². The smallest absolute Gasteiger partial charge is 0.323 e. The monoisotopic (exact) mass is 186 g/mol. The average Bonchev–Trinajstić information content (AvgIpc) is 2.00. The van der Waals surface area contributed by atoms with E-state index in [-0.39, 0.29) is 6.54 Å². The molecule has 0 bridgehead atoms. The fraction of sp³-hybridized carbons (Fsp3) is 0.500. The summed E-state index contributed by atoms with van der Waals surface area (Å²) in [5, 5.41) is 12.9. The van der Waals surface area contributed by atoms with Crippen molar-refractivity contribution in [1.29, 1.82) is 0 Å². The van der Waals surface area contributed by atoms with Crippen LogP contribution in [-0.2, 0) is 4.79 Å². The van der Waals surface area contributed by atoms with Crippen molar-refractivity contribution in [2.24, 2.45) is 0 Å². The van der Waals surface area contributed by atoms with Gasteiger partial charge in [0.05, 0.1) is 0 Å². The lowest BCUT2D eigenvalue weighted by Gasteiger charge is -2.02. The summed E-state index contributed by atoms with van der Waals surface area (Å²) >= 11 is 0. The Hall–Kier alpha value is -1.52. The molecule has 0 saturated heterocycles. The van der Waals surface area contributed by atoms with E-state index >= 15 is 0 Å². The van der Waals surface area contributed by atoms with Crippen LogP contribution in [0.15, 0.2) is 11.6 Å².